The molecule has 0 saturated carbocycles. The standard InChI is InChI=1S/C11H11Cl4NO2S/c1-2-18-10(17)16-9(11(13,14)15)19-8-5-3-7(12)4-6-8/h3-6,9H,2H2,1H3,(H,16,17). The van der Waals surface area contributed by atoms with Gasteiger partial charge in [0.25, 0.3) is 0 Å². The molecule has 0 aliphatic heterocycles. The van der Waals surface area contributed by atoms with Crippen LogP contribution in [-0.2, 0) is 4.74 Å². The van der Waals surface area contributed by atoms with Crippen LogP contribution in [0.2, 0.25) is 5.02 Å². The van der Waals surface area contributed by atoms with E-state index < -0.39 is 15.3 Å². The zero-order valence-corrected chi connectivity index (χ0v) is 13.7. The van der Waals surface area contributed by atoms with Crippen LogP contribution in [0.4, 0.5) is 4.79 Å². The normalized spacial score (nSPS) is 12.9. The number of thioether (sulfide) groups is 1. The summed E-state index contributed by atoms with van der Waals surface area (Å²) in [6.07, 6.45) is -0.639. The number of nitrogens with one attached hydrogen (secondary N) is 1. The fraction of sp³-hybridized carbons (Fsp3) is 0.364. The Labute approximate surface area is 135 Å². The van der Waals surface area contributed by atoms with Crippen molar-refractivity contribution in [2.45, 2.75) is 21.0 Å². The third kappa shape index (κ3) is 6.32. The van der Waals surface area contributed by atoms with Gasteiger partial charge >= 0.3 is 6.09 Å². The van der Waals surface area contributed by atoms with E-state index in [1.54, 1.807) is 31.2 Å². The van der Waals surface area contributed by atoms with Gasteiger partial charge < -0.3 is 10.1 Å². The van der Waals surface area contributed by atoms with E-state index in [9.17, 15) is 4.79 Å². The molecule has 8 heteroatoms. The van der Waals surface area contributed by atoms with Gasteiger partial charge in [0.15, 0.2) is 0 Å². The van der Waals surface area contributed by atoms with E-state index in [1.165, 1.54) is 11.8 Å². The third-order valence-corrected chi connectivity index (χ3v) is 4.44. The fourth-order valence-corrected chi connectivity index (χ4v) is 2.65. The lowest BCUT2D eigenvalue weighted by molar-refractivity contribution is 0.151. The van der Waals surface area contributed by atoms with Gasteiger partial charge in [0.1, 0.15) is 5.37 Å². The van der Waals surface area contributed by atoms with Gasteiger partial charge in [-0.15, -0.1) is 0 Å². The molecule has 0 aromatic heterocycles. The molecule has 1 rings (SSSR count). The van der Waals surface area contributed by atoms with Crippen LogP contribution in [0.5, 0.6) is 0 Å². The Bertz CT molecular complexity index is 422. The predicted molar refractivity (Wildman–Crippen MR) is 81.5 cm³/mol. The molecule has 3 nitrogen and oxygen atoms in total. The highest BCUT2D eigenvalue weighted by molar-refractivity contribution is 8.00. The lowest BCUT2D eigenvalue weighted by Gasteiger charge is -2.24. The Morgan fingerprint density at radius 3 is 2.42 bits per heavy atom. The van der Waals surface area contributed by atoms with Gasteiger partial charge in [0.05, 0.1) is 6.61 Å². The highest BCUT2D eigenvalue weighted by Crippen LogP contribution is 2.39. The zero-order chi connectivity index (χ0) is 14.5. The Balaban J connectivity index is 2.75. The first kappa shape index (κ1) is 17.1. The van der Waals surface area contributed by atoms with E-state index in [4.69, 9.17) is 51.1 Å². The van der Waals surface area contributed by atoms with Gasteiger partial charge in [-0.2, -0.15) is 0 Å². The van der Waals surface area contributed by atoms with Crippen molar-refractivity contribution in [2.75, 3.05) is 6.61 Å². The molecule has 1 aromatic rings. The van der Waals surface area contributed by atoms with Crippen LogP contribution in [0, 0.1) is 0 Å². The number of hydrogen-bond acceptors (Lipinski definition) is 3. The van der Waals surface area contributed by atoms with Crippen LogP contribution in [0.1, 0.15) is 6.92 Å². The maximum absolute atomic E-state index is 11.4. The van der Waals surface area contributed by atoms with Gasteiger partial charge in [-0.25, -0.2) is 4.79 Å². The lowest BCUT2D eigenvalue weighted by atomic mass is 10.4. The number of ether oxygens (including phenoxy) is 1. The number of alkyl halides is 3. The molecule has 1 N–H and O–H groups in total. The SMILES string of the molecule is CCOC(=O)NC(Sc1ccc(Cl)cc1)C(Cl)(Cl)Cl. The van der Waals surface area contributed by atoms with E-state index in [2.05, 4.69) is 5.32 Å². The minimum atomic E-state index is -1.67. The minimum absolute atomic E-state index is 0.240. The predicted octanol–water partition coefficient (Wildman–Crippen LogP) is 4.87. The summed E-state index contributed by atoms with van der Waals surface area (Å²) in [7, 11) is 0. The molecule has 1 atom stereocenters. The van der Waals surface area contributed by atoms with Crippen LogP contribution < -0.4 is 5.32 Å². The maximum Gasteiger partial charge on any atom is 0.408 e. The number of carbonyl (C=O) groups is 1. The van der Waals surface area contributed by atoms with E-state index in [-0.39, 0.29) is 6.61 Å². The molecule has 0 aliphatic carbocycles. The number of rotatable bonds is 4. The van der Waals surface area contributed by atoms with E-state index in [1.807, 2.05) is 0 Å². The first-order valence-electron chi connectivity index (χ1n) is 5.25. The summed E-state index contributed by atoms with van der Waals surface area (Å²) in [5.74, 6) is 0. The van der Waals surface area contributed by atoms with Crippen molar-refractivity contribution in [3.8, 4) is 0 Å². The van der Waals surface area contributed by atoms with Crippen molar-refractivity contribution in [1.82, 2.24) is 5.32 Å². The average molecular weight is 363 g/mol. The number of benzene rings is 1. The second-order valence-corrected chi connectivity index (χ2v) is 7.34. The van der Waals surface area contributed by atoms with Gasteiger partial charge in [-0.3, -0.25) is 0 Å². The first-order valence-corrected chi connectivity index (χ1v) is 7.64. The van der Waals surface area contributed by atoms with Gasteiger partial charge in [-0.05, 0) is 31.2 Å². The molecule has 0 aliphatic rings. The number of alkyl carbamates (subject to hydrolysis) is 1. The number of amides is 1. The molecule has 106 valence electrons. The zero-order valence-electron chi connectivity index (χ0n) is 9.83. The molecule has 0 bridgehead atoms. The van der Waals surface area contributed by atoms with Crippen molar-refractivity contribution in [3.63, 3.8) is 0 Å². The Morgan fingerprint density at radius 2 is 1.95 bits per heavy atom. The van der Waals surface area contributed by atoms with Gasteiger partial charge in [-0.1, -0.05) is 58.2 Å². The van der Waals surface area contributed by atoms with E-state index in [0.717, 1.165) is 4.90 Å². The van der Waals surface area contributed by atoms with Crippen LogP contribution >= 0.6 is 58.2 Å². The summed E-state index contributed by atoms with van der Waals surface area (Å²) in [5, 5.41) is 2.32. The summed E-state index contributed by atoms with van der Waals surface area (Å²) in [4.78, 5) is 12.2. The van der Waals surface area contributed by atoms with Crippen molar-refractivity contribution in [1.29, 1.82) is 0 Å². The Kier molecular flexibility index (Phi) is 6.91. The summed E-state index contributed by atoms with van der Waals surface area (Å²) >= 11 is 24.5. The number of carbonyl (C=O) groups excluding carboxylic acids is 1. The molecule has 0 saturated heterocycles. The average Bonchev–Trinajstić information content (AvgIpc) is 2.30. The molecule has 19 heavy (non-hydrogen) atoms. The van der Waals surface area contributed by atoms with Crippen LogP contribution in [0.15, 0.2) is 29.2 Å². The first-order chi connectivity index (χ1) is 8.82. The van der Waals surface area contributed by atoms with Crippen molar-refractivity contribution < 1.29 is 9.53 Å². The summed E-state index contributed by atoms with van der Waals surface area (Å²) in [5.41, 5.74) is 0. The minimum Gasteiger partial charge on any atom is -0.450 e. The molecule has 0 heterocycles. The van der Waals surface area contributed by atoms with Crippen molar-refractivity contribution in [3.05, 3.63) is 29.3 Å². The van der Waals surface area contributed by atoms with Crippen molar-refractivity contribution in [2.24, 2.45) is 0 Å². The topological polar surface area (TPSA) is 38.3 Å². The van der Waals surface area contributed by atoms with Crippen molar-refractivity contribution >= 4 is 64.3 Å². The smallest absolute Gasteiger partial charge is 0.408 e. The highest BCUT2D eigenvalue weighted by Gasteiger charge is 2.35. The Hall–Kier alpha value is -0.000000000000000111. The van der Waals surface area contributed by atoms with Gasteiger partial charge in [0, 0.05) is 9.92 Å². The third-order valence-electron chi connectivity index (χ3n) is 1.89. The molecule has 0 fully saturated rings. The molecular weight excluding hydrogens is 352 g/mol. The molecule has 1 unspecified atom stereocenters. The van der Waals surface area contributed by atoms with E-state index >= 15 is 0 Å². The van der Waals surface area contributed by atoms with Crippen LogP contribution in [0.25, 0.3) is 0 Å². The largest absolute Gasteiger partial charge is 0.450 e. The maximum atomic E-state index is 11.4. The molecule has 1 amide bonds. The molecular formula is C11H11Cl4NO2S. The molecule has 0 radical (unpaired) electrons. The Morgan fingerprint density at radius 1 is 1.37 bits per heavy atom. The molecule has 0 spiro atoms. The summed E-state index contributed by atoms with van der Waals surface area (Å²) in [6, 6.07) is 6.96. The quantitative estimate of drug-likeness (QED) is 0.471. The highest BCUT2D eigenvalue weighted by atomic mass is 35.6. The van der Waals surface area contributed by atoms with Crippen LogP contribution in [0.3, 0.4) is 0 Å². The van der Waals surface area contributed by atoms with Crippen LogP contribution in [-0.4, -0.2) is 21.9 Å². The monoisotopic (exact) mass is 361 g/mol. The second-order valence-electron chi connectivity index (χ2n) is 3.36. The number of halogens is 4. The van der Waals surface area contributed by atoms with Gasteiger partial charge in [0.2, 0.25) is 3.79 Å². The summed E-state index contributed by atoms with van der Waals surface area (Å²) in [6.45, 7) is 1.93. The summed E-state index contributed by atoms with van der Waals surface area (Å²) < 4.78 is 3.09. The lowest BCUT2D eigenvalue weighted by Crippen LogP contribution is -2.41. The fourth-order valence-electron chi connectivity index (χ4n) is 1.11. The molecule has 1 aromatic carbocycles. The van der Waals surface area contributed by atoms with E-state index in [0.29, 0.717) is 5.02 Å². The number of hydrogen-bond donors (Lipinski definition) is 1. The second kappa shape index (κ2) is 7.70.